The Balaban J connectivity index is 2.24. The summed E-state index contributed by atoms with van der Waals surface area (Å²) in [6, 6.07) is 0.514. The molecule has 4 heteroatoms. The molecule has 0 aliphatic heterocycles. The summed E-state index contributed by atoms with van der Waals surface area (Å²) in [5.74, 6) is 0. The van der Waals surface area contributed by atoms with Gasteiger partial charge in [-0.1, -0.05) is 6.92 Å². The molecule has 0 bridgehead atoms. The van der Waals surface area contributed by atoms with Gasteiger partial charge in [0.2, 0.25) is 0 Å². The molecule has 3 nitrogen and oxygen atoms in total. The lowest BCUT2D eigenvalue weighted by Crippen LogP contribution is -2.33. The summed E-state index contributed by atoms with van der Waals surface area (Å²) in [5.41, 5.74) is 0. The van der Waals surface area contributed by atoms with Crippen LogP contribution in [0.3, 0.4) is 0 Å². The third kappa shape index (κ3) is 3.74. The second kappa shape index (κ2) is 6.11. The second-order valence-electron chi connectivity index (χ2n) is 3.39. The number of nitrogens with zero attached hydrogens (tertiary/aromatic N) is 1. The van der Waals surface area contributed by atoms with E-state index in [1.807, 2.05) is 13.2 Å². The van der Waals surface area contributed by atoms with Gasteiger partial charge in [-0.05, 0) is 20.4 Å². The Morgan fingerprint density at radius 3 is 2.93 bits per heavy atom. The minimum atomic E-state index is 0.514. The molecular weight excluding hydrogens is 194 g/mol. The highest BCUT2D eigenvalue weighted by atomic mass is 32.1. The van der Waals surface area contributed by atoms with E-state index >= 15 is 0 Å². The van der Waals surface area contributed by atoms with Crippen LogP contribution in [-0.4, -0.2) is 24.6 Å². The van der Waals surface area contributed by atoms with Gasteiger partial charge in [0.15, 0.2) is 0 Å². The molecule has 1 aromatic heterocycles. The molecule has 80 valence electrons. The lowest BCUT2D eigenvalue weighted by Gasteiger charge is -2.09. The van der Waals surface area contributed by atoms with E-state index in [-0.39, 0.29) is 0 Å². The maximum atomic E-state index is 4.35. The summed E-state index contributed by atoms with van der Waals surface area (Å²) in [7, 11) is 1.98. The van der Waals surface area contributed by atoms with Gasteiger partial charge in [-0.2, -0.15) is 0 Å². The quantitative estimate of drug-likeness (QED) is 0.750. The van der Waals surface area contributed by atoms with Crippen LogP contribution in [0.4, 0.5) is 0 Å². The van der Waals surface area contributed by atoms with Crippen molar-refractivity contribution in [2.45, 2.75) is 32.9 Å². The Hall–Kier alpha value is -0.450. The molecule has 1 atom stereocenters. The molecule has 0 aromatic carbocycles. The zero-order valence-electron chi connectivity index (χ0n) is 9.13. The molecule has 0 radical (unpaired) electrons. The second-order valence-corrected chi connectivity index (χ2v) is 4.59. The minimum Gasteiger partial charge on any atom is -0.316 e. The van der Waals surface area contributed by atoms with Crippen molar-refractivity contribution < 1.29 is 0 Å². The molecule has 0 fully saturated rings. The SMILES string of the molecule is CCc1cnc(CNCC(C)NC)s1. The van der Waals surface area contributed by atoms with Crippen LogP contribution in [0, 0.1) is 0 Å². The lowest BCUT2D eigenvalue weighted by atomic mass is 10.3. The standard InChI is InChI=1S/C10H19N3S/c1-4-9-6-13-10(14-9)7-12-5-8(2)11-3/h6,8,11-12H,4-5,7H2,1-3H3. The topological polar surface area (TPSA) is 37.0 Å². The van der Waals surface area contributed by atoms with Crippen LogP contribution >= 0.6 is 11.3 Å². The van der Waals surface area contributed by atoms with Crippen molar-refractivity contribution in [3.63, 3.8) is 0 Å². The minimum absolute atomic E-state index is 0.514. The number of aryl methyl sites for hydroxylation is 1. The monoisotopic (exact) mass is 213 g/mol. The highest BCUT2D eigenvalue weighted by Gasteiger charge is 2.01. The van der Waals surface area contributed by atoms with E-state index in [4.69, 9.17) is 0 Å². The average molecular weight is 213 g/mol. The first-order valence-electron chi connectivity index (χ1n) is 5.07. The molecular formula is C10H19N3S. The van der Waals surface area contributed by atoms with E-state index in [1.165, 1.54) is 9.88 Å². The van der Waals surface area contributed by atoms with Crippen LogP contribution in [0.25, 0.3) is 0 Å². The fourth-order valence-corrected chi connectivity index (χ4v) is 1.92. The fraction of sp³-hybridized carbons (Fsp3) is 0.700. The summed E-state index contributed by atoms with van der Waals surface area (Å²) >= 11 is 1.80. The van der Waals surface area contributed by atoms with Gasteiger partial charge in [0, 0.05) is 30.2 Å². The van der Waals surface area contributed by atoms with Crippen molar-refractivity contribution in [3.8, 4) is 0 Å². The largest absolute Gasteiger partial charge is 0.316 e. The van der Waals surface area contributed by atoms with Crippen molar-refractivity contribution in [1.29, 1.82) is 0 Å². The molecule has 0 amide bonds. The van der Waals surface area contributed by atoms with Crippen LogP contribution in [0.15, 0.2) is 6.20 Å². The molecule has 0 saturated carbocycles. The molecule has 14 heavy (non-hydrogen) atoms. The summed E-state index contributed by atoms with van der Waals surface area (Å²) in [5, 5.41) is 7.75. The number of hydrogen-bond donors (Lipinski definition) is 2. The smallest absolute Gasteiger partial charge is 0.107 e. The van der Waals surface area contributed by atoms with E-state index in [9.17, 15) is 0 Å². The van der Waals surface area contributed by atoms with Gasteiger partial charge in [-0.25, -0.2) is 4.98 Å². The van der Waals surface area contributed by atoms with E-state index < -0.39 is 0 Å². The van der Waals surface area contributed by atoms with Gasteiger partial charge in [0.05, 0.1) is 0 Å². The summed E-state index contributed by atoms with van der Waals surface area (Å²) in [6.45, 7) is 6.19. The number of thiazole rings is 1. The predicted molar refractivity (Wildman–Crippen MR) is 61.7 cm³/mol. The highest BCUT2D eigenvalue weighted by Crippen LogP contribution is 2.12. The van der Waals surface area contributed by atoms with Crippen LogP contribution in [0.1, 0.15) is 23.7 Å². The molecule has 1 heterocycles. The predicted octanol–water partition coefficient (Wildman–Crippen LogP) is 1.40. The molecule has 0 aliphatic carbocycles. The Bertz CT molecular complexity index is 260. The normalized spacial score (nSPS) is 13.1. The highest BCUT2D eigenvalue weighted by molar-refractivity contribution is 7.11. The average Bonchev–Trinajstić information content (AvgIpc) is 2.65. The van der Waals surface area contributed by atoms with Gasteiger partial charge >= 0.3 is 0 Å². The Morgan fingerprint density at radius 1 is 1.57 bits per heavy atom. The molecule has 2 N–H and O–H groups in total. The first-order chi connectivity index (χ1) is 6.76. The molecule has 0 spiro atoms. The van der Waals surface area contributed by atoms with Crippen LogP contribution in [0.2, 0.25) is 0 Å². The van der Waals surface area contributed by atoms with Gasteiger partial charge in [0.1, 0.15) is 5.01 Å². The molecule has 1 rings (SSSR count). The maximum absolute atomic E-state index is 4.35. The van der Waals surface area contributed by atoms with Crippen LogP contribution in [-0.2, 0) is 13.0 Å². The number of likely N-dealkylation sites (N-methyl/N-ethyl adjacent to an activating group) is 1. The molecule has 1 unspecified atom stereocenters. The van der Waals surface area contributed by atoms with Gasteiger partial charge in [0.25, 0.3) is 0 Å². The number of nitrogens with one attached hydrogen (secondary N) is 2. The third-order valence-corrected chi connectivity index (χ3v) is 3.31. The first-order valence-corrected chi connectivity index (χ1v) is 5.89. The van der Waals surface area contributed by atoms with Crippen LogP contribution < -0.4 is 10.6 Å². The number of aromatic nitrogens is 1. The molecule has 0 saturated heterocycles. The van der Waals surface area contributed by atoms with Gasteiger partial charge < -0.3 is 10.6 Å². The maximum Gasteiger partial charge on any atom is 0.107 e. The molecule has 0 aliphatic rings. The Kier molecular flexibility index (Phi) is 5.07. The Labute approximate surface area is 89.9 Å². The Morgan fingerprint density at radius 2 is 2.36 bits per heavy atom. The lowest BCUT2D eigenvalue weighted by molar-refractivity contribution is 0.540. The van der Waals surface area contributed by atoms with Gasteiger partial charge in [-0.3, -0.25) is 0 Å². The van der Waals surface area contributed by atoms with E-state index in [0.29, 0.717) is 6.04 Å². The summed E-state index contributed by atoms with van der Waals surface area (Å²) in [6.07, 6.45) is 3.06. The van der Waals surface area contributed by atoms with Crippen molar-refractivity contribution in [2.75, 3.05) is 13.6 Å². The van der Waals surface area contributed by atoms with E-state index in [1.54, 1.807) is 11.3 Å². The first kappa shape index (κ1) is 11.6. The third-order valence-electron chi connectivity index (χ3n) is 2.17. The zero-order valence-corrected chi connectivity index (χ0v) is 9.95. The number of hydrogen-bond acceptors (Lipinski definition) is 4. The fourth-order valence-electron chi connectivity index (χ4n) is 1.09. The van der Waals surface area contributed by atoms with Crippen molar-refractivity contribution >= 4 is 11.3 Å². The summed E-state index contributed by atoms with van der Waals surface area (Å²) < 4.78 is 0. The van der Waals surface area contributed by atoms with Crippen molar-refractivity contribution in [3.05, 3.63) is 16.1 Å². The van der Waals surface area contributed by atoms with E-state index in [2.05, 4.69) is 29.5 Å². The molecule has 1 aromatic rings. The van der Waals surface area contributed by atoms with Crippen molar-refractivity contribution in [1.82, 2.24) is 15.6 Å². The van der Waals surface area contributed by atoms with Gasteiger partial charge in [-0.15, -0.1) is 11.3 Å². The van der Waals surface area contributed by atoms with E-state index in [0.717, 1.165) is 19.5 Å². The zero-order chi connectivity index (χ0) is 10.4. The van der Waals surface area contributed by atoms with Crippen molar-refractivity contribution in [2.24, 2.45) is 0 Å². The number of rotatable bonds is 6. The summed E-state index contributed by atoms with van der Waals surface area (Å²) in [4.78, 5) is 5.71. The van der Waals surface area contributed by atoms with Crippen LogP contribution in [0.5, 0.6) is 0 Å².